The Balaban J connectivity index is 2.58. The molecule has 2 rings (SSSR count). The summed E-state index contributed by atoms with van der Waals surface area (Å²) in [5.74, 6) is 0. The van der Waals surface area contributed by atoms with E-state index in [1.54, 1.807) is 0 Å². The van der Waals surface area contributed by atoms with Gasteiger partial charge in [-0.25, -0.2) is 0 Å². The number of hydrogen-bond acceptors (Lipinski definition) is 2. The van der Waals surface area contributed by atoms with Crippen molar-refractivity contribution in [3.63, 3.8) is 0 Å². The lowest BCUT2D eigenvalue weighted by molar-refractivity contribution is 0.310. The molecular formula is C10H14N2OS. The van der Waals surface area contributed by atoms with Gasteiger partial charge in [0.25, 0.3) is 5.56 Å². The highest BCUT2D eigenvalue weighted by Gasteiger charge is 2.27. The quantitative estimate of drug-likeness (QED) is 0.643. The van der Waals surface area contributed by atoms with Crippen LogP contribution in [0.15, 0.2) is 4.79 Å². The van der Waals surface area contributed by atoms with Crippen LogP contribution < -0.4 is 5.56 Å². The average Bonchev–Trinajstić information content (AvgIpc) is 2.06. The van der Waals surface area contributed by atoms with E-state index in [1.807, 2.05) is 0 Å². The summed E-state index contributed by atoms with van der Waals surface area (Å²) >= 11 is 4.93. The number of H-pyrrole nitrogens is 2. The molecule has 0 amide bonds. The van der Waals surface area contributed by atoms with Crippen LogP contribution >= 0.6 is 12.2 Å². The van der Waals surface area contributed by atoms with E-state index in [9.17, 15) is 4.79 Å². The van der Waals surface area contributed by atoms with Gasteiger partial charge in [-0.3, -0.25) is 9.78 Å². The van der Waals surface area contributed by atoms with Gasteiger partial charge in [0.2, 0.25) is 0 Å². The molecule has 0 bridgehead atoms. The second kappa shape index (κ2) is 3.05. The summed E-state index contributed by atoms with van der Waals surface area (Å²) in [5, 5.41) is 0. The molecular weight excluding hydrogens is 196 g/mol. The van der Waals surface area contributed by atoms with Crippen molar-refractivity contribution >= 4 is 12.2 Å². The number of hydrogen-bond donors (Lipinski definition) is 2. The van der Waals surface area contributed by atoms with Gasteiger partial charge in [-0.1, -0.05) is 13.8 Å². The van der Waals surface area contributed by atoms with Crippen LogP contribution in [0.3, 0.4) is 0 Å². The number of aromatic nitrogens is 2. The monoisotopic (exact) mass is 210 g/mol. The summed E-state index contributed by atoms with van der Waals surface area (Å²) in [6, 6.07) is 0. The van der Waals surface area contributed by atoms with E-state index in [0.29, 0.717) is 4.77 Å². The molecule has 0 saturated carbocycles. The summed E-state index contributed by atoms with van der Waals surface area (Å²) in [6.07, 6.45) is 2.87. The van der Waals surface area contributed by atoms with Gasteiger partial charge in [-0.15, -0.1) is 0 Å². The number of aromatic amines is 2. The van der Waals surface area contributed by atoms with Crippen LogP contribution in [0.25, 0.3) is 0 Å². The molecule has 14 heavy (non-hydrogen) atoms. The molecule has 4 heteroatoms. The van der Waals surface area contributed by atoms with E-state index in [2.05, 4.69) is 23.8 Å². The highest BCUT2D eigenvalue weighted by atomic mass is 32.1. The van der Waals surface area contributed by atoms with Gasteiger partial charge in [0, 0.05) is 11.3 Å². The van der Waals surface area contributed by atoms with E-state index in [1.165, 1.54) is 0 Å². The molecule has 0 aliphatic heterocycles. The zero-order chi connectivity index (χ0) is 10.3. The Labute approximate surface area is 87.6 Å². The second-order valence-electron chi connectivity index (χ2n) is 4.71. The topological polar surface area (TPSA) is 48.6 Å². The number of rotatable bonds is 0. The molecule has 1 aromatic rings. The molecule has 1 aromatic heterocycles. The molecule has 1 aliphatic carbocycles. The molecule has 1 aliphatic rings. The Morgan fingerprint density at radius 3 is 2.79 bits per heavy atom. The van der Waals surface area contributed by atoms with Crippen LogP contribution in [-0.2, 0) is 12.8 Å². The average molecular weight is 210 g/mol. The minimum absolute atomic E-state index is 0.0171. The van der Waals surface area contributed by atoms with Crippen LogP contribution in [0, 0.1) is 10.2 Å². The van der Waals surface area contributed by atoms with Crippen molar-refractivity contribution < 1.29 is 0 Å². The summed E-state index contributed by atoms with van der Waals surface area (Å²) in [5.41, 5.74) is 2.13. The number of fused-ring (bicyclic) bond motifs is 1. The molecule has 1 heterocycles. The third-order valence-electron chi connectivity index (χ3n) is 2.84. The maximum atomic E-state index is 11.6. The fourth-order valence-electron chi connectivity index (χ4n) is 1.99. The molecule has 2 N–H and O–H groups in total. The first-order chi connectivity index (χ1) is 6.48. The molecule has 0 unspecified atom stereocenters. The minimum atomic E-state index is -0.0171. The zero-order valence-corrected chi connectivity index (χ0v) is 9.25. The van der Waals surface area contributed by atoms with E-state index < -0.39 is 0 Å². The molecule has 0 atom stereocenters. The van der Waals surface area contributed by atoms with Crippen LogP contribution in [-0.4, -0.2) is 9.97 Å². The third kappa shape index (κ3) is 1.66. The first-order valence-electron chi connectivity index (χ1n) is 4.82. The largest absolute Gasteiger partial charge is 0.336 e. The maximum absolute atomic E-state index is 11.6. The van der Waals surface area contributed by atoms with Crippen molar-refractivity contribution in [1.29, 1.82) is 0 Å². The van der Waals surface area contributed by atoms with Crippen molar-refractivity contribution in [1.82, 2.24) is 9.97 Å². The first kappa shape index (κ1) is 9.65. The Bertz CT molecular complexity index is 470. The lowest BCUT2D eigenvalue weighted by Gasteiger charge is -2.29. The van der Waals surface area contributed by atoms with E-state index in [0.717, 1.165) is 30.5 Å². The van der Waals surface area contributed by atoms with Crippen LogP contribution in [0.4, 0.5) is 0 Å². The normalized spacial score (nSPS) is 19.0. The third-order valence-corrected chi connectivity index (χ3v) is 3.04. The first-order valence-corrected chi connectivity index (χ1v) is 5.23. The van der Waals surface area contributed by atoms with Crippen molar-refractivity contribution in [3.8, 4) is 0 Å². The van der Waals surface area contributed by atoms with Gasteiger partial charge in [0.15, 0.2) is 4.77 Å². The molecule has 76 valence electrons. The molecule has 0 radical (unpaired) electrons. The van der Waals surface area contributed by atoms with Crippen LogP contribution in [0.2, 0.25) is 0 Å². The molecule has 0 aromatic carbocycles. The predicted octanol–water partition coefficient (Wildman–Crippen LogP) is 1.95. The highest BCUT2D eigenvalue weighted by molar-refractivity contribution is 7.71. The Morgan fingerprint density at radius 2 is 2.07 bits per heavy atom. The molecule has 0 saturated heterocycles. The standard InChI is InChI=1S/C10H14N2OS/c1-10(2)4-3-7-6(5-10)8(13)12-9(14)11-7/h3-5H2,1-2H3,(H2,11,12,13,14). The minimum Gasteiger partial charge on any atom is -0.336 e. The summed E-state index contributed by atoms with van der Waals surface area (Å²) in [6.45, 7) is 4.38. The zero-order valence-electron chi connectivity index (χ0n) is 8.44. The van der Waals surface area contributed by atoms with Crippen LogP contribution in [0.1, 0.15) is 31.5 Å². The fraction of sp³-hybridized carbons (Fsp3) is 0.600. The van der Waals surface area contributed by atoms with Gasteiger partial charge in [-0.05, 0) is 36.9 Å². The van der Waals surface area contributed by atoms with Gasteiger partial charge in [0.05, 0.1) is 0 Å². The van der Waals surface area contributed by atoms with Gasteiger partial charge >= 0.3 is 0 Å². The van der Waals surface area contributed by atoms with Gasteiger partial charge in [0.1, 0.15) is 0 Å². The van der Waals surface area contributed by atoms with Crippen molar-refractivity contribution in [2.24, 2.45) is 5.41 Å². The number of aryl methyl sites for hydroxylation is 1. The fourth-order valence-corrected chi connectivity index (χ4v) is 2.21. The smallest absolute Gasteiger partial charge is 0.255 e. The lowest BCUT2D eigenvalue weighted by atomic mass is 9.76. The SMILES string of the molecule is CC1(C)CCc2[nH]c(=S)[nH]c(=O)c2C1. The van der Waals surface area contributed by atoms with Crippen molar-refractivity contribution in [2.45, 2.75) is 33.1 Å². The van der Waals surface area contributed by atoms with Crippen molar-refractivity contribution in [2.75, 3.05) is 0 Å². The Hall–Kier alpha value is -0.900. The molecule has 3 nitrogen and oxygen atoms in total. The second-order valence-corrected chi connectivity index (χ2v) is 5.11. The lowest BCUT2D eigenvalue weighted by Crippen LogP contribution is -2.29. The highest BCUT2D eigenvalue weighted by Crippen LogP contribution is 2.31. The summed E-state index contributed by atoms with van der Waals surface area (Å²) in [4.78, 5) is 17.3. The van der Waals surface area contributed by atoms with E-state index in [4.69, 9.17) is 12.2 Å². The van der Waals surface area contributed by atoms with Crippen molar-refractivity contribution in [3.05, 3.63) is 26.4 Å². The van der Waals surface area contributed by atoms with Crippen LogP contribution in [0.5, 0.6) is 0 Å². The van der Waals surface area contributed by atoms with E-state index in [-0.39, 0.29) is 11.0 Å². The summed E-state index contributed by atoms with van der Waals surface area (Å²) < 4.78 is 0.438. The number of nitrogens with one attached hydrogen (secondary N) is 2. The van der Waals surface area contributed by atoms with Gasteiger partial charge < -0.3 is 4.98 Å². The van der Waals surface area contributed by atoms with E-state index >= 15 is 0 Å². The van der Waals surface area contributed by atoms with Gasteiger partial charge in [-0.2, -0.15) is 0 Å². The maximum Gasteiger partial charge on any atom is 0.255 e. The Kier molecular flexibility index (Phi) is 2.10. The molecule has 0 spiro atoms. The Morgan fingerprint density at radius 1 is 1.36 bits per heavy atom. The molecule has 0 fully saturated rings. The summed E-state index contributed by atoms with van der Waals surface area (Å²) in [7, 11) is 0. The predicted molar refractivity (Wildman–Crippen MR) is 58.1 cm³/mol.